The van der Waals surface area contributed by atoms with E-state index in [1.165, 1.54) is 0 Å². The van der Waals surface area contributed by atoms with Gasteiger partial charge in [-0.05, 0) is 13.3 Å². The average Bonchev–Trinajstić information content (AvgIpc) is 2.50. The van der Waals surface area contributed by atoms with E-state index in [9.17, 15) is 4.21 Å². The fraction of sp³-hybridized carbons (Fsp3) is 0.889. The van der Waals surface area contributed by atoms with E-state index < -0.39 is 10.8 Å². The van der Waals surface area contributed by atoms with Gasteiger partial charge in [0, 0.05) is 34.1 Å². The largest absolute Gasteiger partial charge is 0.362 e. The molecule has 0 aromatic heterocycles. The van der Waals surface area contributed by atoms with E-state index in [-0.39, 0.29) is 6.04 Å². The van der Waals surface area contributed by atoms with Gasteiger partial charge in [0.1, 0.15) is 0 Å². The fourth-order valence-corrected chi connectivity index (χ4v) is 3.15. The van der Waals surface area contributed by atoms with Crippen molar-refractivity contribution in [2.45, 2.75) is 31.6 Å². The number of hydrogen-bond donors (Lipinski definition) is 1. The van der Waals surface area contributed by atoms with Crippen LogP contribution in [0.5, 0.6) is 0 Å². The van der Waals surface area contributed by atoms with Crippen molar-refractivity contribution < 1.29 is 4.21 Å². The molecule has 0 aromatic rings. The highest BCUT2D eigenvalue weighted by Crippen LogP contribution is 2.22. The number of hydrogen-bond acceptors (Lipinski definition) is 4. The zero-order valence-electron chi connectivity index (χ0n) is 8.95. The quantitative estimate of drug-likeness (QED) is 0.795. The summed E-state index contributed by atoms with van der Waals surface area (Å²) in [6.45, 7) is 5.15. The van der Waals surface area contributed by atoms with E-state index in [1.807, 2.05) is 6.92 Å². The first kappa shape index (κ1) is 12.0. The molecule has 1 aliphatic rings. The Kier molecular flexibility index (Phi) is 4.95. The van der Waals surface area contributed by atoms with Gasteiger partial charge in [-0.25, -0.2) is 0 Å². The standard InChI is InChI=1S/C9H18N2OS2/c1-4-8-5-10-9(13-8)11-7(2)6-14(3)12/h7-8H,4-6H2,1-3H3,(H,10,11). The number of nitrogens with zero attached hydrogens (tertiary/aromatic N) is 1. The SMILES string of the molecule is CCC1CN=C(NC(C)CS(C)=O)S1. The molecular formula is C9H18N2OS2. The Labute approximate surface area is 92.6 Å². The molecule has 0 radical (unpaired) electrons. The molecule has 0 amide bonds. The Morgan fingerprint density at radius 3 is 3.00 bits per heavy atom. The molecule has 1 N–H and O–H groups in total. The van der Waals surface area contributed by atoms with Crippen molar-refractivity contribution >= 4 is 27.7 Å². The molecule has 0 saturated carbocycles. The summed E-state index contributed by atoms with van der Waals surface area (Å²) in [6, 6.07) is 0.252. The lowest BCUT2D eigenvalue weighted by atomic mass is 10.3. The number of amidine groups is 1. The minimum absolute atomic E-state index is 0.252. The maximum absolute atomic E-state index is 11.0. The van der Waals surface area contributed by atoms with Crippen LogP contribution < -0.4 is 5.32 Å². The van der Waals surface area contributed by atoms with Crippen LogP contribution in [-0.2, 0) is 10.8 Å². The zero-order chi connectivity index (χ0) is 10.6. The van der Waals surface area contributed by atoms with Gasteiger partial charge in [-0.1, -0.05) is 18.7 Å². The predicted molar refractivity (Wildman–Crippen MR) is 65.5 cm³/mol. The molecule has 82 valence electrons. The average molecular weight is 234 g/mol. The van der Waals surface area contributed by atoms with Gasteiger partial charge in [-0.3, -0.25) is 9.20 Å². The molecule has 1 rings (SSSR count). The van der Waals surface area contributed by atoms with Crippen molar-refractivity contribution in [2.24, 2.45) is 4.99 Å². The molecule has 3 atom stereocenters. The minimum atomic E-state index is -0.733. The van der Waals surface area contributed by atoms with Crippen LogP contribution in [-0.4, -0.2) is 39.2 Å². The molecule has 0 fully saturated rings. The Morgan fingerprint density at radius 2 is 2.50 bits per heavy atom. The molecule has 0 spiro atoms. The maximum Gasteiger partial charge on any atom is 0.157 e. The third-order valence-electron chi connectivity index (χ3n) is 2.03. The summed E-state index contributed by atoms with van der Waals surface area (Å²) in [5, 5.41) is 4.95. The normalized spacial score (nSPS) is 25.6. The number of thioether (sulfide) groups is 1. The van der Waals surface area contributed by atoms with Crippen molar-refractivity contribution in [2.75, 3.05) is 18.6 Å². The van der Waals surface area contributed by atoms with Gasteiger partial charge in [-0.2, -0.15) is 0 Å². The molecule has 0 aliphatic carbocycles. The van der Waals surface area contributed by atoms with Crippen LogP contribution >= 0.6 is 11.8 Å². The third-order valence-corrected chi connectivity index (χ3v) is 4.28. The van der Waals surface area contributed by atoms with Gasteiger partial charge in [0.2, 0.25) is 0 Å². The monoisotopic (exact) mass is 234 g/mol. The summed E-state index contributed by atoms with van der Waals surface area (Å²) in [5.41, 5.74) is 0. The van der Waals surface area contributed by atoms with E-state index in [0.717, 1.165) is 18.1 Å². The third kappa shape index (κ3) is 4.00. The predicted octanol–water partition coefficient (Wildman–Crippen LogP) is 1.22. The van der Waals surface area contributed by atoms with Crippen LogP contribution in [0.1, 0.15) is 20.3 Å². The lowest BCUT2D eigenvalue weighted by Gasteiger charge is -2.13. The van der Waals surface area contributed by atoms with Crippen LogP contribution in [0.15, 0.2) is 4.99 Å². The van der Waals surface area contributed by atoms with Crippen molar-refractivity contribution in [1.82, 2.24) is 5.32 Å². The van der Waals surface area contributed by atoms with Crippen LogP contribution in [0.3, 0.4) is 0 Å². The molecular weight excluding hydrogens is 216 g/mol. The topological polar surface area (TPSA) is 41.5 Å². The fourth-order valence-electron chi connectivity index (χ4n) is 1.31. The molecule has 3 unspecified atom stereocenters. The highest BCUT2D eigenvalue weighted by atomic mass is 32.2. The Bertz CT molecular complexity index is 243. The highest BCUT2D eigenvalue weighted by Gasteiger charge is 2.18. The van der Waals surface area contributed by atoms with Crippen LogP contribution in [0.25, 0.3) is 0 Å². The second kappa shape index (κ2) is 5.75. The summed E-state index contributed by atoms with van der Waals surface area (Å²) < 4.78 is 11.0. The van der Waals surface area contributed by atoms with Gasteiger partial charge in [0.25, 0.3) is 0 Å². The number of nitrogens with one attached hydrogen (secondary N) is 1. The molecule has 0 bridgehead atoms. The van der Waals surface area contributed by atoms with Crippen molar-refractivity contribution in [3.05, 3.63) is 0 Å². The molecule has 0 saturated heterocycles. The van der Waals surface area contributed by atoms with Gasteiger partial charge in [0.05, 0.1) is 6.54 Å². The number of rotatable bonds is 4. The van der Waals surface area contributed by atoms with Gasteiger partial charge < -0.3 is 5.32 Å². The Balaban J connectivity index is 2.28. The lowest BCUT2D eigenvalue weighted by Crippen LogP contribution is -2.34. The Hall–Kier alpha value is -0.0300. The van der Waals surface area contributed by atoms with Gasteiger partial charge in [-0.15, -0.1) is 0 Å². The van der Waals surface area contributed by atoms with Crippen LogP contribution in [0.4, 0.5) is 0 Å². The summed E-state index contributed by atoms with van der Waals surface area (Å²) >= 11 is 1.81. The zero-order valence-corrected chi connectivity index (χ0v) is 10.6. The van der Waals surface area contributed by atoms with Crippen LogP contribution in [0.2, 0.25) is 0 Å². The van der Waals surface area contributed by atoms with E-state index in [0.29, 0.717) is 11.0 Å². The van der Waals surface area contributed by atoms with E-state index >= 15 is 0 Å². The molecule has 0 aromatic carbocycles. The first-order valence-electron chi connectivity index (χ1n) is 4.89. The Morgan fingerprint density at radius 1 is 1.79 bits per heavy atom. The van der Waals surface area contributed by atoms with Gasteiger partial charge in [0.15, 0.2) is 5.17 Å². The van der Waals surface area contributed by atoms with E-state index in [2.05, 4.69) is 17.2 Å². The first-order chi connectivity index (χ1) is 6.61. The molecule has 1 aliphatic heterocycles. The molecule has 14 heavy (non-hydrogen) atoms. The second-order valence-electron chi connectivity index (χ2n) is 3.58. The van der Waals surface area contributed by atoms with Crippen molar-refractivity contribution in [3.8, 4) is 0 Å². The van der Waals surface area contributed by atoms with E-state index in [1.54, 1.807) is 18.0 Å². The summed E-state index contributed by atoms with van der Waals surface area (Å²) in [6.07, 6.45) is 2.89. The summed E-state index contributed by atoms with van der Waals surface area (Å²) in [4.78, 5) is 4.40. The lowest BCUT2D eigenvalue weighted by molar-refractivity contribution is 0.672. The molecule has 5 heteroatoms. The molecule has 1 heterocycles. The van der Waals surface area contributed by atoms with Gasteiger partial charge >= 0.3 is 0 Å². The van der Waals surface area contributed by atoms with Crippen molar-refractivity contribution in [1.29, 1.82) is 0 Å². The molecule has 3 nitrogen and oxygen atoms in total. The summed E-state index contributed by atoms with van der Waals surface area (Å²) in [7, 11) is -0.733. The van der Waals surface area contributed by atoms with Crippen molar-refractivity contribution in [3.63, 3.8) is 0 Å². The maximum atomic E-state index is 11.0. The second-order valence-corrected chi connectivity index (χ2v) is 6.35. The highest BCUT2D eigenvalue weighted by molar-refractivity contribution is 8.14. The first-order valence-corrected chi connectivity index (χ1v) is 7.50. The minimum Gasteiger partial charge on any atom is -0.362 e. The van der Waals surface area contributed by atoms with E-state index in [4.69, 9.17) is 0 Å². The van der Waals surface area contributed by atoms with Crippen LogP contribution in [0, 0.1) is 0 Å². The summed E-state index contributed by atoms with van der Waals surface area (Å²) in [5.74, 6) is 0.691. The number of aliphatic imine (C=N–C) groups is 1. The smallest absolute Gasteiger partial charge is 0.157 e.